The van der Waals surface area contributed by atoms with Crippen LogP contribution < -0.4 is 5.32 Å². The molecule has 1 N–H and O–H groups in total. The molecule has 0 radical (unpaired) electrons. The second-order valence-corrected chi connectivity index (χ2v) is 6.45. The maximum absolute atomic E-state index is 12.3. The Hall–Kier alpha value is -2.08. The van der Waals surface area contributed by atoms with Crippen LogP contribution in [0.4, 0.5) is 0 Å². The minimum absolute atomic E-state index is 0.0585. The van der Waals surface area contributed by atoms with Gasteiger partial charge >= 0.3 is 0 Å². The average Bonchev–Trinajstić information content (AvgIpc) is 3.06. The number of nitrogens with one attached hydrogen (secondary N) is 1. The van der Waals surface area contributed by atoms with Crippen molar-refractivity contribution in [1.29, 1.82) is 0 Å². The topological polar surface area (TPSA) is 57.2 Å². The summed E-state index contributed by atoms with van der Waals surface area (Å²) in [7, 11) is 7.86. The molecule has 2 rings (SSSR count). The fraction of sp³-hybridized carbons (Fsp3) is 0.556. The van der Waals surface area contributed by atoms with E-state index in [2.05, 4.69) is 10.3 Å². The van der Waals surface area contributed by atoms with Crippen LogP contribution in [0.5, 0.6) is 0 Å². The number of amides is 1. The summed E-state index contributed by atoms with van der Waals surface area (Å²) < 4.78 is 5.53. The molecule has 1 amide bonds. The van der Waals surface area contributed by atoms with Gasteiger partial charge < -0.3 is 19.9 Å². The van der Waals surface area contributed by atoms with Crippen LogP contribution in [0.3, 0.4) is 0 Å². The van der Waals surface area contributed by atoms with E-state index in [0.29, 0.717) is 18.7 Å². The van der Waals surface area contributed by atoms with Crippen LogP contribution in [-0.2, 0) is 11.3 Å². The molecule has 0 aliphatic carbocycles. The average molecular weight is 332 g/mol. The van der Waals surface area contributed by atoms with E-state index in [1.165, 1.54) is 0 Å². The highest BCUT2D eigenvalue weighted by atomic mass is 16.5. The second kappa shape index (κ2) is 8.68. The first-order chi connectivity index (χ1) is 11.5. The van der Waals surface area contributed by atoms with E-state index in [4.69, 9.17) is 4.74 Å². The van der Waals surface area contributed by atoms with Gasteiger partial charge in [-0.25, -0.2) is 4.99 Å². The molecule has 1 fully saturated rings. The highest BCUT2D eigenvalue weighted by Gasteiger charge is 2.16. The highest BCUT2D eigenvalue weighted by molar-refractivity contribution is 5.94. The summed E-state index contributed by atoms with van der Waals surface area (Å²) in [5, 5.41) is 2.95. The molecular weight excluding hydrogens is 304 g/mol. The minimum Gasteiger partial charge on any atom is -0.376 e. The number of hydrogen-bond acceptors (Lipinski definition) is 3. The van der Waals surface area contributed by atoms with E-state index in [1.807, 2.05) is 62.3 Å². The Morgan fingerprint density at radius 2 is 2.04 bits per heavy atom. The fourth-order valence-electron chi connectivity index (χ4n) is 2.77. The molecule has 1 heterocycles. The van der Waals surface area contributed by atoms with Crippen molar-refractivity contribution in [3.8, 4) is 0 Å². The Kier molecular flexibility index (Phi) is 6.61. The van der Waals surface area contributed by atoms with Gasteiger partial charge in [0, 0.05) is 46.9 Å². The number of aliphatic imine (C=N–C) groups is 1. The molecule has 1 unspecified atom stereocenters. The monoisotopic (exact) mass is 332 g/mol. The number of carbonyl (C=O) groups excluding carboxylic acids is 1. The second-order valence-electron chi connectivity index (χ2n) is 6.45. The van der Waals surface area contributed by atoms with Gasteiger partial charge in [-0.05, 0) is 30.5 Å². The van der Waals surface area contributed by atoms with E-state index < -0.39 is 0 Å². The summed E-state index contributed by atoms with van der Waals surface area (Å²) in [5.74, 6) is 0.833. The van der Waals surface area contributed by atoms with E-state index in [-0.39, 0.29) is 12.0 Å². The summed E-state index contributed by atoms with van der Waals surface area (Å²) in [6.45, 7) is 1.92. The Balaban J connectivity index is 1.97. The van der Waals surface area contributed by atoms with Crippen molar-refractivity contribution in [2.75, 3.05) is 41.3 Å². The zero-order valence-corrected chi connectivity index (χ0v) is 15.1. The Morgan fingerprint density at radius 3 is 2.67 bits per heavy atom. The van der Waals surface area contributed by atoms with Crippen molar-refractivity contribution in [2.24, 2.45) is 4.99 Å². The van der Waals surface area contributed by atoms with Crippen molar-refractivity contribution >= 4 is 11.9 Å². The van der Waals surface area contributed by atoms with Crippen LogP contribution in [0.25, 0.3) is 0 Å². The van der Waals surface area contributed by atoms with Crippen molar-refractivity contribution in [3.05, 3.63) is 35.4 Å². The Labute approximate surface area is 144 Å². The lowest BCUT2D eigenvalue weighted by molar-refractivity contribution is 0.0857. The maximum Gasteiger partial charge on any atom is 0.251 e. The normalized spacial score (nSPS) is 16.6. The summed E-state index contributed by atoms with van der Waals surface area (Å²) in [6.07, 6.45) is 2.26. The van der Waals surface area contributed by atoms with Gasteiger partial charge in [-0.2, -0.15) is 0 Å². The quantitative estimate of drug-likeness (QED) is 0.657. The summed E-state index contributed by atoms with van der Waals surface area (Å²) >= 11 is 0. The van der Waals surface area contributed by atoms with Crippen LogP contribution >= 0.6 is 0 Å². The molecule has 1 saturated heterocycles. The molecular formula is C18H28N4O2. The smallest absolute Gasteiger partial charge is 0.251 e. The molecule has 1 atom stereocenters. The first-order valence-electron chi connectivity index (χ1n) is 8.35. The highest BCUT2D eigenvalue weighted by Crippen LogP contribution is 2.11. The zero-order chi connectivity index (χ0) is 17.5. The van der Waals surface area contributed by atoms with Crippen LogP contribution in [0.1, 0.15) is 28.8 Å². The third kappa shape index (κ3) is 5.23. The largest absolute Gasteiger partial charge is 0.376 e. The molecule has 6 heteroatoms. The lowest BCUT2D eigenvalue weighted by atomic mass is 10.1. The van der Waals surface area contributed by atoms with E-state index in [9.17, 15) is 4.79 Å². The molecule has 0 aromatic heterocycles. The van der Waals surface area contributed by atoms with Gasteiger partial charge in [-0.1, -0.05) is 12.1 Å². The molecule has 1 aliphatic rings. The van der Waals surface area contributed by atoms with E-state index in [1.54, 1.807) is 0 Å². The molecule has 1 aromatic rings. The summed E-state index contributed by atoms with van der Waals surface area (Å²) in [4.78, 5) is 20.8. The van der Waals surface area contributed by atoms with Crippen LogP contribution in [0.2, 0.25) is 0 Å². The fourth-order valence-corrected chi connectivity index (χ4v) is 2.77. The summed E-state index contributed by atoms with van der Waals surface area (Å²) in [5.41, 5.74) is 1.68. The van der Waals surface area contributed by atoms with Gasteiger partial charge in [-0.3, -0.25) is 4.79 Å². The number of carbonyl (C=O) groups is 1. The van der Waals surface area contributed by atoms with Crippen molar-refractivity contribution in [1.82, 2.24) is 15.1 Å². The zero-order valence-electron chi connectivity index (χ0n) is 15.1. The number of hydrogen-bond donors (Lipinski definition) is 1. The van der Waals surface area contributed by atoms with E-state index >= 15 is 0 Å². The van der Waals surface area contributed by atoms with Crippen LogP contribution in [-0.4, -0.2) is 69.1 Å². The van der Waals surface area contributed by atoms with E-state index in [0.717, 1.165) is 31.0 Å². The van der Waals surface area contributed by atoms with Crippen molar-refractivity contribution in [2.45, 2.75) is 25.5 Å². The molecule has 132 valence electrons. The van der Waals surface area contributed by atoms with Gasteiger partial charge in [0.25, 0.3) is 5.91 Å². The van der Waals surface area contributed by atoms with Crippen molar-refractivity contribution < 1.29 is 9.53 Å². The van der Waals surface area contributed by atoms with Gasteiger partial charge in [0.1, 0.15) is 0 Å². The molecule has 6 nitrogen and oxygen atoms in total. The van der Waals surface area contributed by atoms with Crippen LogP contribution in [0, 0.1) is 0 Å². The Morgan fingerprint density at radius 1 is 1.29 bits per heavy atom. The molecule has 1 aliphatic heterocycles. The molecule has 0 bridgehead atoms. The number of nitrogens with zero attached hydrogens (tertiary/aromatic N) is 3. The SMILES string of the molecule is CN(C)C(=NCc1cccc(C(=O)NCC2CCCO2)c1)N(C)C. The molecule has 0 saturated carbocycles. The lowest BCUT2D eigenvalue weighted by Crippen LogP contribution is -2.35. The van der Waals surface area contributed by atoms with Crippen molar-refractivity contribution in [3.63, 3.8) is 0 Å². The standard InChI is InChI=1S/C18H28N4O2/c1-21(2)18(22(3)4)20-12-14-7-5-8-15(11-14)17(23)19-13-16-9-6-10-24-16/h5,7-8,11,16H,6,9-10,12-13H2,1-4H3,(H,19,23). The lowest BCUT2D eigenvalue weighted by Gasteiger charge is -2.22. The molecule has 24 heavy (non-hydrogen) atoms. The predicted molar refractivity (Wildman–Crippen MR) is 96.3 cm³/mol. The number of ether oxygens (including phenoxy) is 1. The minimum atomic E-state index is -0.0585. The van der Waals surface area contributed by atoms with Crippen LogP contribution in [0.15, 0.2) is 29.3 Å². The first-order valence-corrected chi connectivity index (χ1v) is 8.35. The Bertz CT molecular complexity index is 568. The number of benzene rings is 1. The third-order valence-electron chi connectivity index (χ3n) is 3.91. The maximum atomic E-state index is 12.3. The number of rotatable bonds is 5. The first kappa shape index (κ1) is 18.3. The molecule has 1 aromatic carbocycles. The van der Waals surface area contributed by atoms with Gasteiger partial charge in [0.05, 0.1) is 12.6 Å². The number of guanidine groups is 1. The third-order valence-corrected chi connectivity index (χ3v) is 3.91. The van der Waals surface area contributed by atoms with Gasteiger partial charge in [0.2, 0.25) is 0 Å². The van der Waals surface area contributed by atoms with Gasteiger partial charge in [-0.15, -0.1) is 0 Å². The van der Waals surface area contributed by atoms with Gasteiger partial charge in [0.15, 0.2) is 5.96 Å². The predicted octanol–water partition coefficient (Wildman–Crippen LogP) is 1.57. The molecule has 0 spiro atoms. The summed E-state index contributed by atoms with van der Waals surface area (Å²) in [6, 6.07) is 7.62.